The van der Waals surface area contributed by atoms with E-state index >= 15 is 0 Å². The second-order valence-corrected chi connectivity index (χ2v) is 4.66. The van der Waals surface area contributed by atoms with Crippen molar-refractivity contribution in [3.8, 4) is 0 Å². The maximum absolute atomic E-state index is 9.45. The first-order chi connectivity index (χ1) is 8.27. The van der Waals surface area contributed by atoms with Crippen LogP contribution in [0.1, 0.15) is 30.4 Å². The molecule has 2 rings (SSSR count). The van der Waals surface area contributed by atoms with E-state index in [0.29, 0.717) is 6.54 Å². The van der Waals surface area contributed by atoms with Gasteiger partial charge in [0.25, 0.3) is 0 Å². The highest BCUT2D eigenvalue weighted by molar-refractivity contribution is 5.51. The Bertz CT molecular complexity index is 381. The summed E-state index contributed by atoms with van der Waals surface area (Å²) in [6, 6.07) is 2.19. The molecule has 0 radical (unpaired) electrons. The van der Waals surface area contributed by atoms with Gasteiger partial charge in [-0.15, -0.1) is 0 Å². The van der Waals surface area contributed by atoms with E-state index in [1.165, 1.54) is 12.0 Å². The molecule has 3 N–H and O–H groups in total. The minimum absolute atomic E-state index is 0.194. The third-order valence-corrected chi connectivity index (χ3v) is 3.58. The van der Waals surface area contributed by atoms with Crippen molar-refractivity contribution in [1.29, 1.82) is 0 Å². The molecule has 1 atom stereocenters. The van der Waals surface area contributed by atoms with E-state index in [4.69, 9.17) is 5.73 Å². The van der Waals surface area contributed by atoms with Gasteiger partial charge in [0.15, 0.2) is 0 Å². The second kappa shape index (κ2) is 5.47. The number of aliphatic hydroxyl groups is 1. The van der Waals surface area contributed by atoms with Crippen molar-refractivity contribution in [2.24, 2.45) is 5.73 Å². The highest BCUT2D eigenvalue weighted by atomic mass is 16.3. The Kier molecular flexibility index (Phi) is 3.97. The third-order valence-electron chi connectivity index (χ3n) is 3.58. The Morgan fingerprint density at radius 3 is 3.06 bits per heavy atom. The number of aliphatic hydroxyl groups excluding tert-OH is 1. The zero-order valence-electron chi connectivity index (χ0n) is 10.4. The zero-order valence-corrected chi connectivity index (χ0v) is 10.4. The van der Waals surface area contributed by atoms with Crippen LogP contribution in [0.25, 0.3) is 0 Å². The van der Waals surface area contributed by atoms with E-state index in [1.807, 2.05) is 12.3 Å². The summed E-state index contributed by atoms with van der Waals surface area (Å²) in [4.78, 5) is 6.69. The van der Waals surface area contributed by atoms with Crippen LogP contribution in [0.2, 0.25) is 0 Å². The van der Waals surface area contributed by atoms with E-state index in [1.54, 1.807) is 0 Å². The molecule has 0 spiro atoms. The van der Waals surface area contributed by atoms with Gasteiger partial charge in [-0.05, 0) is 37.8 Å². The maximum atomic E-state index is 9.45. The largest absolute Gasteiger partial charge is 0.394 e. The average Bonchev–Trinajstić information content (AvgIpc) is 2.38. The lowest BCUT2D eigenvalue weighted by atomic mass is 10.0. The number of aryl methyl sites for hydroxylation is 1. The van der Waals surface area contributed by atoms with Crippen LogP contribution in [0.3, 0.4) is 0 Å². The molecule has 2 heterocycles. The van der Waals surface area contributed by atoms with Crippen LogP contribution >= 0.6 is 0 Å². The summed E-state index contributed by atoms with van der Waals surface area (Å²) in [5, 5.41) is 9.45. The van der Waals surface area contributed by atoms with Gasteiger partial charge in [-0.3, -0.25) is 0 Å². The standard InChI is InChI=1S/C13H21N3O/c1-10-5-6-15-13(12(10)8-14)16-7-3-2-4-11(16)9-17/h5-6,11,17H,2-4,7-9,14H2,1H3. The summed E-state index contributed by atoms with van der Waals surface area (Å²) in [6.45, 7) is 3.73. The number of hydrogen-bond acceptors (Lipinski definition) is 4. The Balaban J connectivity index is 2.34. The molecule has 4 nitrogen and oxygen atoms in total. The van der Waals surface area contributed by atoms with Crippen LogP contribution < -0.4 is 10.6 Å². The smallest absolute Gasteiger partial charge is 0.133 e. The monoisotopic (exact) mass is 235 g/mol. The van der Waals surface area contributed by atoms with Crippen molar-refractivity contribution in [3.63, 3.8) is 0 Å². The summed E-state index contributed by atoms with van der Waals surface area (Å²) >= 11 is 0. The topological polar surface area (TPSA) is 62.4 Å². The minimum Gasteiger partial charge on any atom is -0.394 e. The second-order valence-electron chi connectivity index (χ2n) is 4.66. The Morgan fingerprint density at radius 1 is 1.53 bits per heavy atom. The van der Waals surface area contributed by atoms with Crippen molar-refractivity contribution >= 4 is 5.82 Å². The molecule has 1 unspecified atom stereocenters. The summed E-state index contributed by atoms with van der Waals surface area (Å²) < 4.78 is 0. The normalized spacial score (nSPS) is 20.6. The number of nitrogens with zero attached hydrogens (tertiary/aromatic N) is 2. The molecule has 0 aromatic carbocycles. The number of hydrogen-bond donors (Lipinski definition) is 2. The van der Waals surface area contributed by atoms with E-state index in [-0.39, 0.29) is 12.6 Å². The molecule has 1 aromatic rings. The van der Waals surface area contributed by atoms with Gasteiger partial charge in [0.2, 0.25) is 0 Å². The number of pyridine rings is 1. The Hall–Kier alpha value is -1.13. The fourth-order valence-electron chi connectivity index (χ4n) is 2.54. The fourth-order valence-corrected chi connectivity index (χ4v) is 2.54. The van der Waals surface area contributed by atoms with Crippen LogP contribution in [0, 0.1) is 6.92 Å². The van der Waals surface area contributed by atoms with Gasteiger partial charge in [0.05, 0.1) is 12.6 Å². The van der Waals surface area contributed by atoms with Crippen molar-refractivity contribution in [3.05, 3.63) is 23.4 Å². The number of aromatic nitrogens is 1. The molecule has 4 heteroatoms. The van der Waals surface area contributed by atoms with Gasteiger partial charge in [-0.25, -0.2) is 4.98 Å². The summed E-state index contributed by atoms with van der Waals surface area (Å²) in [5.74, 6) is 0.964. The van der Waals surface area contributed by atoms with Gasteiger partial charge in [-0.2, -0.15) is 0 Å². The predicted molar refractivity (Wildman–Crippen MR) is 68.9 cm³/mol. The number of anilines is 1. The van der Waals surface area contributed by atoms with Gasteiger partial charge >= 0.3 is 0 Å². The number of nitrogens with two attached hydrogens (primary N) is 1. The Labute approximate surface area is 102 Å². The van der Waals surface area contributed by atoms with Crippen LogP contribution in [0.5, 0.6) is 0 Å². The third kappa shape index (κ3) is 2.42. The lowest BCUT2D eigenvalue weighted by Crippen LogP contribution is -2.43. The average molecular weight is 235 g/mol. The molecule has 1 aliphatic heterocycles. The minimum atomic E-state index is 0.194. The van der Waals surface area contributed by atoms with E-state index in [9.17, 15) is 5.11 Å². The molecule has 1 aliphatic rings. The molecule has 17 heavy (non-hydrogen) atoms. The van der Waals surface area contributed by atoms with Crippen molar-refractivity contribution in [1.82, 2.24) is 4.98 Å². The summed E-state index contributed by atoms with van der Waals surface area (Å²) in [5.41, 5.74) is 8.10. The first-order valence-corrected chi connectivity index (χ1v) is 6.30. The SMILES string of the molecule is Cc1ccnc(N2CCCCC2CO)c1CN. The van der Waals surface area contributed by atoms with Crippen LogP contribution in [0.4, 0.5) is 5.82 Å². The molecule has 0 aliphatic carbocycles. The first kappa shape index (κ1) is 12.3. The lowest BCUT2D eigenvalue weighted by Gasteiger charge is -2.36. The first-order valence-electron chi connectivity index (χ1n) is 6.30. The quantitative estimate of drug-likeness (QED) is 0.826. The maximum Gasteiger partial charge on any atom is 0.133 e. The molecule has 0 bridgehead atoms. The molecular weight excluding hydrogens is 214 g/mol. The van der Waals surface area contributed by atoms with Crippen LogP contribution in [-0.4, -0.2) is 29.3 Å². The van der Waals surface area contributed by atoms with Crippen molar-refractivity contribution < 1.29 is 5.11 Å². The summed E-state index contributed by atoms with van der Waals surface area (Å²) in [7, 11) is 0. The molecule has 0 saturated carbocycles. The van der Waals surface area contributed by atoms with E-state index in [2.05, 4.69) is 16.8 Å². The Morgan fingerprint density at radius 2 is 2.35 bits per heavy atom. The molecule has 1 aromatic heterocycles. The van der Waals surface area contributed by atoms with Gasteiger partial charge < -0.3 is 15.7 Å². The van der Waals surface area contributed by atoms with Gasteiger partial charge in [0, 0.05) is 24.8 Å². The van der Waals surface area contributed by atoms with Crippen LogP contribution in [0.15, 0.2) is 12.3 Å². The van der Waals surface area contributed by atoms with Crippen molar-refractivity contribution in [2.75, 3.05) is 18.1 Å². The number of rotatable bonds is 3. The molecule has 1 fully saturated rings. The van der Waals surface area contributed by atoms with Gasteiger partial charge in [-0.1, -0.05) is 0 Å². The molecule has 94 valence electrons. The van der Waals surface area contributed by atoms with E-state index in [0.717, 1.165) is 30.8 Å². The van der Waals surface area contributed by atoms with E-state index < -0.39 is 0 Å². The number of piperidine rings is 1. The molecular formula is C13H21N3O. The zero-order chi connectivity index (χ0) is 12.3. The molecule has 1 saturated heterocycles. The molecule has 0 amide bonds. The lowest BCUT2D eigenvalue weighted by molar-refractivity contribution is 0.239. The van der Waals surface area contributed by atoms with Crippen LogP contribution in [-0.2, 0) is 6.54 Å². The summed E-state index contributed by atoms with van der Waals surface area (Å²) in [6.07, 6.45) is 5.21. The van der Waals surface area contributed by atoms with Gasteiger partial charge in [0.1, 0.15) is 5.82 Å². The highest BCUT2D eigenvalue weighted by Crippen LogP contribution is 2.27. The van der Waals surface area contributed by atoms with Crippen molar-refractivity contribution in [2.45, 2.75) is 38.8 Å². The fraction of sp³-hybridized carbons (Fsp3) is 0.615. The highest BCUT2D eigenvalue weighted by Gasteiger charge is 2.24. The predicted octanol–water partition coefficient (Wildman–Crippen LogP) is 1.20.